The van der Waals surface area contributed by atoms with Crippen LogP contribution in [0.4, 0.5) is 0 Å². The molecule has 2 saturated carbocycles. The molecule has 0 saturated heterocycles. The van der Waals surface area contributed by atoms with Gasteiger partial charge in [-0.2, -0.15) is 0 Å². The SMILES string of the molecule is CC1CCC(OCC2(CS(=O)(=O)Cl)CCCCC2)CC1C. The maximum absolute atomic E-state index is 11.6. The first-order valence-electron chi connectivity index (χ1n) is 8.34. The Morgan fingerprint density at radius 1 is 1.10 bits per heavy atom. The fourth-order valence-electron chi connectivity index (χ4n) is 3.94. The van der Waals surface area contributed by atoms with Gasteiger partial charge in [0.15, 0.2) is 0 Å². The Balaban J connectivity index is 1.93. The summed E-state index contributed by atoms with van der Waals surface area (Å²) < 4.78 is 29.3. The Labute approximate surface area is 134 Å². The Morgan fingerprint density at radius 3 is 2.33 bits per heavy atom. The summed E-state index contributed by atoms with van der Waals surface area (Å²) in [6, 6.07) is 0. The zero-order valence-electron chi connectivity index (χ0n) is 13.3. The summed E-state index contributed by atoms with van der Waals surface area (Å²) in [5.74, 6) is 1.54. The van der Waals surface area contributed by atoms with Crippen LogP contribution in [0.15, 0.2) is 0 Å². The molecule has 0 bridgehead atoms. The van der Waals surface area contributed by atoms with Gasteiger partial charge < -0.3 is 4.74 Å². The Bertz CT molecular complexity index is 429. The molecular formula is C16H29ClO3S. The third kappa shape index (κ3) is 5.40. The van der Waals surface area contributed by atoms with Crippen LogP contribution in [0.3, 0.4) is 0 Å². The molecule has 3 nitrogen and oxygen atoms in total. The Morgan fingerprint density at radius 2 is 1.76 bits per heavy atom. The molecule has 124 valence electrons. The van der Waals surface area contributed by atoms with Crippen molar-refractivity contribution in [3.05, 3.63) is 0 Å². The Kier molecular flexibility index (Phi) is 6.00. The molecule has 2 aliphatic carbocycles. The highest BCUT2D eigenvalue weighted by Gasteiger charge is 2.37. The van der Waals surface area contributed by atoms with Crippen LogP contribution in [0.25, 0.3) is 0 Å². The third-order valence-corrected chi connectivity index (χ3v) is 6.85. The fraction of sp³-hybridized carbons (Fsp3) is 1.00. The van der Waals surface area contributed by atoms with E-state index in [-0.39, 0.29) is 11.2 Å². The molecule has 21 heavy (non-hydrogen) atoms. The van der Waals surface area contributed by atoms with E-state index in [4.69, 9.17) is 15.4 Å². The average Bonchev–Trinajstić information content (AvgIpc) is 2.39. The quantitative estimate of drug-likeness (QED) is 0.701. The van der Waals surface area contributed by atoms with Crippen molar-refractivity contribution >= 4 is 19.7 Å². The summed E-state index contributed by atoms with van der Waals surface area (Å²) >= 11 is 0. The van der Waals surface area contributed by atoms with Crippen LogP contribution in [-0.2, 0) is 13.8 Å². The largest absolute Gasteiger partial charge is 0.378 e. The molecular weight excluding hydrogens is 308 g/mol. The summed E-state index contributed by atoms with van der Waals surface area (Å²) in [7, 11) is 2.07. The maximum Gasteiger partial charge on any atom is 0.233 e. The van der Waals surface area contributed by atoms with Gasteiger partial charge in [0.25, 0.3) is 0 Å². The lowest BCUT2D eigenvalue weighted by atomic mass is 9.76. The van der Waals surface area contributed by atoms with Gasteiger partial charge in [-0.3, -0.25) is 0 Å². The number of ether oxygens (including phenoxy) is 1. The van der Waals surface area contributed by atoms with E-state index in [0.29, 0.717) is 18.6 Å². The van der Waals surface area contributed by atoms with E-state index in [1.165, 1.54) is 12.8 Å². The molecule has 0 N–H and O–H groups in total. The molecule has 3 unspecified atom stereocenters. The van der Waals surface area contributed by atoms with Gasteiger partial charge in [0.05, 0.1) is 18.5 Å². The van der Waals surface area contributed by atoms with Crippen molar-refractivity contribution in [1.29, 1.82) is 0 Å². The van der Waals surface area contributed by atoms with E-state index in [2.05, 4.69) is 13.8 Å². The second kappa shape index (κ2) is 7.18. The zero-order valence-corrected chi connectivity index (χ0v) is 14.9. The van der Waals surface area contributed by atoms with Gasteiger partial charge in [-0.25, -0.2) is 8.42 Å². The second-order valence-corrected chi connectivity index (χ2v) is 10.2. The molecule has 2 rings (SSSR count). The minimum Gasteiger partial charge on any atom is -0.378 e. The lowest BCUT2D eigenvalue weighted by molar-refractivity contribution is -0.0454. The van der Waals surface area contributed by atoms with E-state index >= 15 is 0 Å². The molecule has 3 atom stereocenters. The molecule has 2 aliphatic rings. The molecule has 2 fully saturated rings. The van der Waals surface area contributed by atoms with Gasteiger partial charge in [-0.15, -0.1) is 0 Å². The number of hydrogen-bond donors (Lipinski definition) is 0. The van der Waals surface area contributed by atoms with Crippen LogP contribution in [0, 0.1) is 17.3 Å². The van der Waals surface area contributed by atoms with Crippen molar-refractivity contribution < 1.29 is 13.2 Å². The summed E-state index contributed by atoms with van der Waals surface area (Å²) in [6.45, 7) is 5.16. The van der Waals surface area contributed by atoms with Crippen LogP contribution >= 0.6 is 10.7 Å². The Hall–Kier alpha value is 0.200. The van der Waals surface area contributed by atoms with Crippen LogP contribution in [0.2, 0.25) is 0 Å². The molecule has 0 amide bonds. The van der Waals surface area contributed by atoms with Crippen molar-refractivity contribution in [2.75, 3.05) is 12.4 Å². The predicted octanol–water partition coefficient (Wildman–Crippen LogP) is 4.35. The molecule has 0 heterocycles. The van der Waals surface area contributed by atoms with Gasteiger partial charge in [-0.05, 0) is 43.9 Å². The predicted molar refractivity (Wildman–Crippen MR) is 87.1 cm³/mol. The lowest BCUT2D eigenvalue weighted by Crippen LogP contribution is -2.38. The highest BCUT2D eigenvalue weighted by Crippen LogP contribution is 2.40. The lowest BCUT2D eigenvalue weighted by Gasteiger charge is -2.39. The van der Waals surface area contributed by atoms with E-state index < -0.39 is 9.05 Å². The normalized spacial score (nSPS) is 33.8. The standard InChI is InChI=1S/C16H29ClO3S/c1-13-6-7-15(10-14(13)2)20-11-16(12-21(17,18)19)8-4-3-5-9-16/h13-15H,3-12H2,1-2H3. The smallest absolute Gasteiger partial charge is 0.233 e. The number of hydrogen-bond acceptors (Lipinski definition) is 3. The van der Waals surface area contributed by atoms with E-state index in [0.717, 1.165) is 44.4 Å². The van der Waals surface area contributed by atoms with Crippen molar-refractivity contribution in [2.24, 2.45) is 17.3 Å². The summed E-state index contributed by atoms with van der Waals surface area (Å²) in [4.78, 5) is 0. The van der Waals surface area contributed by atoms with Gasteiger partial charge in [0.1, 0.15) is 0 Å². The minimum atomic E-state index is -3.46. The molecule has 0 spiro atoms. The minimum absolute atomic E-state index is 0.0697. The van der Waals surface area contributed by atoms with Gasteiger partial charge in [0.2, 0.25) is 9.05 Å². The van der Waals surface area contributed by atoms with E-state index in [1.807, 2.05) is 0 Å². The van der Waals surface area contributed by atoms with Crippen LogP contribution in [0.5, 0.6) is 0 Å². The zero-order chi connectivity index (χ0) is 15.5. The van der Waals surface area contributed by atoms with E-state index in [9.17, 15) is 8.42 Å². The van der Waals surface area contributed by atoms with Crippen molar-refractivity contribution in [2.45, 2.75) is 71.3 Å². The third-order valence-electron chi connectivity index (χ3n) is 5.57. The summed E-state index contributed by atoms with van der Waals surface area (Å²) in [6.07, 6.45) is 8.96. The number of halogens is 1. The maximum atomic E-state index is 11.6. The molecule has 0 radical (unpaired) electrons. The van der Waals surface area contributed by atoms with Crippen LogP contribution < -0.4 is 0 Å². The van der Waals surface area contributed by atoms with Crippen LogP contribution in [-0.4, -0.2) is 26.9 Å². The highest BCUT2D eigenvalue weighted by molar-refractivity contribution is 8.13. The average molecular weight is 337 g/mol. The summed E-state index contributed by atoms with van der Waals surface area (Å²) in [5.41, 5.74) is -0.245. The van der Waals surface area contributed by atoms with Crippen molar-refractivity contribution in [3.8, 4) is 0 Å². The number of rotatable bonds is 5. The molecule has 0 aliphatic heterocycles. The van der Waals surface area contributed by atoms with Gasteiger partial charge in [0, 0.05) is 16.1 Å². The summed E-state index contributed by atoms with van der Waals surface area (Å²) in [5, 5.41) is 0. The van der Waals surface area contributed by atoms with Crippen molar-refractivity contribution in [1.82, 2.24) is 0 Å². The van der Waals surface area contributed by atoms with Crippen molar-refractivity contribution in [3.63, 3.8) is 0 Å². The van der Waals surface area contributed by atoms with Crippen LogP contribution in [0.1, 0.15) is 65.2 Å². The monoisotopic (exact) mass is 336 g/mol. The molecule has 5 heteroatoms. The molecule has 0 aromatic heterocycles. The van der Waals surface area contributed by atoms with Gasteiger partial charge in [-0.1, -0.05) is 33.1 Å². The van der Waals surface area contributed by atoms with Gasteiger partial charge >= 0.3 is 0 Å². The first-order chi connectivity index (χ1) is 9.80. The van der Waals surface area contributed by atoms with E-state index in [1.54, 1.807) is 0 Å². The molecule has 0 aromatic carbocycles. The molecule has 0 aromatic rings. The highest BCUT2D eigenvalue weighted by atomic mass is 35.7. The fourth-order valence-corrected chi connectivity index (χ4v) is 5.74. The topological polar surface area (TPSA) is 43.4 Å². The second-order valence-electron chi connectivity index (χ2n) is 7.44. The first-order valence-corrected chi connectivity index (χ1v) is 10.8. The first kappa shape index (κ1) is 17.6.